The average Bonchev–Trinajstić information content (AvgIpc) is 2.56. The Balaban J connectivity index is 2.46. The number of amides is 3. The van der Waals surface area contributed by atoms with Crippen molar-refractivity contribution in [3.05, 3.63) is 35.4 Å². The normalized spacial score (nSPS) is 20.1. The van der Waals surface area contributed by atoms with Crippen LogP contribution in [0, 0.1) is 0 Å². The summed E-state index contributed by atoms with van der Waals surface area (Å²) in [6, 6.07) is 2.55. The van der Waals surface area contributed by atoms with E-state index in [0.717, 1.165) is 6.07 Å². The van der Waals surface area contributed by atoms with Crippen LogP contribution in [0.5, 0.6) is 0 Å². The number of hydrogen-bond acceptors (Lipinski definition) is 2. The van der Waals surface area contributed by atoms with Crippen LogP contribution in [-0.4, -0.2) is 11.9 Å². The molecule has 0 bridgehead atoms. The van der Waals surface area contributed by atoms with E-state index in [1.54, 1.807) is 0 Å². The smallest absolute Gasteiger partial charge is 0.322 e. The van der Waals surface area contributed by atoms with E-state index in [1.165, 1.54) is 18.2 Å². The van der Waals surface area contributed by atoms with E-state index in [2.05, 4.69) is 5.32 Å². The highest BCUT2D eigenvalue weighted by atomic mass is 19.4. The Morgan fingerprint density at radius 3 is 2.29 bits per heavy atom. The van der Waals surface area contributed by atoms with Crippen molar-refractivity contribution in [2.24, 2.45) is 0 Å². The summed E-state index contributed by atoms with van der Waals surface area (Å²) < 4.78 is 38.0. The Kier molecular flexibility index (Phi) is 2.53. The molecule has 1 aliphatic rings. The lowest BCUT2D eigenvalue weighted by molar-refractivity contribution is -0.138. The van der Waals surface area contributed by atoms with Crippen molar-refractivity contribution in [3.63, 3.8) is 0 Å². The van der Waals surface area contributed by atoms with Crippen molar-refractivity contribution in [3.8, 4) is 0 Å². The van der Waals surface area contributed by atoms with Gasteiger partial charge >= 0.3 is 12.2 Å². The van der Waals surface area contributed by atoms with E-state index >= 15 is 0 Å². The molecular weight excluding hydrogens is 237 g/mol. The van der Waals surface area contributed by atoms with Crippen LogP contribution in [0.15, 0.2) is 24.3 Å². The molecule has 7 heteroatoms. The number of alkyl halides is 3. The molecule has 1 aromatic rings. The molecule has 1 unspecified atom stereocenters. The first-order valence-corrected chi connectivity index (χ1v) is 4.67. The minimum Gasteiger partial charge on any atom is -0.322 e. The minimum absolute atomic E-state index is 0.261. The summed E-state index contributed by atoms with van der Waals surface area (Å²) in [6.45, 7) is 0. The van der Waals surface area contributed by atoms with Crippen LogP contribution in [0.3, 0.4) is 0 Å². The molecule has 4 nitrogen and oxygen atoms in total. The van der Waals surface area contributed by atoms with Gasteiger partial charge in [-0.3, -0.25) is 10.1 Å². The van der Waals surface area contributed by atoms with Crippen LogP contribution in [0.1, 0.15) is 17.2 Å². The maximum atomic E-state index is 12.7. The van der Waals surface area contributed by atoms with Gasteiger partial charge in [-0.15, -0.1) is 0 Å². The van der Waals surface area contributed by atoms with Gasteiger partial charge in [-0.05, 0) is 11.6 Å². The third-order valence-electron chi connectivity index (χ3n) is 2.35. The largest absolute Gasteiger partial charge is 0.416 e. The molecular formula is C10H7F3N2O2. The van der Waals surface area contributed by atoms with Gasteiger partial charge < -0.3 is 5.32 Å². The molecule has 0 saturated carbocycles. The molecule has 2 N–H and O–H groups in total. The van der Waals surface area contributed by atoms with Gasteiger partial charge in [-0.25, -0.2) is 4.79 Å². The third-order valence-corrected chi connectivity index (χ3v) is 2.35. The minimum atomic E-state index is -4.57. The molecule has 1 saturated heterocycles. The highest BCUT2D eigenvalue weighted by Crippen LogP contribution is 2.35. The highest BCUT2D eigenvalue weighted by molar-refractivity contribution is 6.04. The molecule has 1 fully saturated rings. The fourth-order valence-electron chi connectivity index (χ4n) is 1.64. The first kappa shape index (κ1) is 11.4. The summed E-state index contributed by atoms with van der Waals surface area (Å²) in [4.78, 5) is 22.2. The monoisotopic (exact) mass is 244 g/mol. The molecule has 1 aromatic carbocycles. The highest BCUT2D eigenvalue weighted by Gasteiger charge is 2.39. The van der Waals surface area contributed by atoms with Gasteiger partial charge in [0.05, 0.1) is 5.56 Å². The van der Waals surface area contributed by atoms with Crippen molar-refractivity contribution in [1.29, 1.82) is 0 Å². The number of urea groups is 1. The SMILES string of the molecule is O=C1NC(=O)C(c2ccccc2C(F)(F)F)N1. The van der Waals surface area contributed by atoms with E-state index in [0.29, 0.717) is 0 Å². The van der Waals surface area contributed by atoms with Crippen molar-refractivity contribution in [1.82, 2.24) is 10.6 Å². The Labute approximate surface area is 93.8 Å². The number of halogens is 3. The molecule has 2 rings (SSSR count). The third kappa shape index (κ3) is 2.08. The number of imide groups is 1. The molecule has 0 spiro atoms. The zero-order valence-electron chi connectivity index (χ0n) is 8.34. The number of benzene rings is 1. The Morgan fingerprint density at radius 2 is 1.76 bits per heavy atom. The summed E-state index contributed by atoms with van der Waals surface area (Å²) in [6.07, 6.45) is -4.57. The number of rotatable bonds is 1. The molecule has 0 aliphatic carbocycles. The summed E-state index contributed by atoms with van der Waals surface area (Å²) >= 11 is 0. The predicted octanol–water partition coefficient (Wildman–Crippen LogP) is 1.59. The first-order valence-electron chi connectivity index (χ1n) is 4.67. The fourth-order valence-corrected chi connectivity index (χ4v) is 1.64. The second-order valence-corrected chi connectivity index (χ2v) is 3.48. The van der Waals surface area contributed by atoms with Crippen LogP contribution in [0.25, 0.3) is 0 Å². The second kappa shape index (κ2) is 3.76. The quantitative estimate of drug-likeness (QED) is 0.737. The van der Waals surface area contributed by atoms with Crippen molar-refractivity contribution in [2.45, 2.75) is 12.2 Å². The number of nitrogens with one attached hydrogen (secondary N) is 2. The first-order chi connectivity index (χ1) is 7.89. The maximum absolute atomic E-state index is 12.7. The zero-order chi connectivity index (χ0) is 12.6. The van der Waals surface area contributed by atoms with Gasteiger partial charge in [0.25, 0.3) is 5.91 Å². The van der Waals surface area contributed by atoms with Crippen LogP contribution in [0.2, 0.25) is 0 Å². The van der Waals surface area contributed by atoms with Crippen molar-refractivity contribution in [2.75, 3.05) is 0 Å². The molecule has 17 heavy (non-hydrogen) atoms. The van der Waals surface area contributed by atoms with E-state index < -0.39 is 29.7 Å². The van der Waals surface area contributed by atoms with Crippen molar-refractivity contribution < 1.29 is 22.8 Å². The molecule has 0 radical (unpaired) electrons. The molecule has 3 amide bonds. The average molecular weight is 244 g/mol. The lowest BCUT2D eigenvalue weighted by Gasteiger charge is -2.15. The molecule has 1 heterocycles. The lowest BCUT2D eigenvalue weighted by atomic mass is 10.00. The summed E-state index contributed by atoms with van der Waals surface area (Å²) in [7, 11) is 0. The van der Waals surface area contributed by atoms with E-state index in [4.69, 9.17) is 0 Å². The van der Waals surface area contributed by atoms with Crippen LogP contribution < -0.4 is 10.6 Å². The predicted molar refractivity (Wildman–Crippen MR) is 50.9 cm³/mol. The fraction of sp³-hybridized carbons (Fsp3) is 0.200. The van der Waals surface area contributed by atoms with Crippen LogP contribution >= 0.6 is 0 Å². The van der Waals surface area contributed by atoms with Gasteiger partial charge in [-0.1, -0.05) is 18.2 Å². The zero-order valence-corrected chi connectivity index (χ0v) is 8.34. The van der Waals surface area contributed by atoms with Gasteiger partial charge in [0.2, 0.25) is 0 Å². The Morgan fingerprint density at radius 1 is 1.12 bits per heavy atom. The summed E-state index contributed by atoms with van der Waals surface area (Å²) in [5.74, 6) is -0.785. The second-order valence-electron chi connectivity index (χ2n) is 3.48. The number of hydrogen-bond donors (Lipinski definition) is 2. The molecule has 0 aromatic heterocycles. The topological polar surface area (TPSA) is 58.2 Å². The lowest BCUT2D eigenvalue weighted by Crippen LogP contribution is -2.23. The molecule has 1 aliphatic heterocycles. The summed E-state index contributed by atoms with van der Waals surface area (Å²) in [5.41, 5.74) is -1.19. The van der Waals surface area contributed by atoms with E-state index in [9.17, 15) is 22.8 Å². The van der Waals surface area contributed by atoms with Gasteiger partial charge in [0.15, 0.2) is 0 Å². The van der Waals surface area contributed by atoms with Crippen molar-refractivity contribution >= 4 is 11.9 Å². The van der Waals surface area contributed by atoms with Gasteiger partial charge in [0.1, 0.15) is 6.04 Å². The van der Waals surface area contributed by atoms with E-state index in [-0.39, 0.29) is 5.56 Å². The molecule has 90 valence electrons. The Bertz CT molecular complexity index is 485. The molecule has 1 atom stereocenters. The van der Waals surface area contributed by atoms with Gasteiger partial charge in [-0.2, -0.15) is 13.2 Å². The van der Waals surface area contributed by atoms with Gasteiger partial charge in [0, 0.05) is 0 Å². The van der Waals surface area contributed by atoms with E-state index in [1.807, 2.05) is 5.32 Å². The number of carbonyl (C=O) groups is 2. The number of carbonyl (C=O) groups excluding carboxylic acids is 2. The maximum Gasteiger partial charge on any atom is 0.416 e. The summed E-state index contributed by atoms with van der Waals surface area (Å²) in [5, 5.41) is 4.02. The standard InChI is InChI=1S/C10H7F3N2O2/c11-10(12,13)6-4-2-1-3-5(6)7-8(16)15-9(17)14-7/h1-4,7H,(H2,14,15,16,17). The van der Waals surface area contributed by atoms with Crippen LogP contribution in [-0.2, 0) is 11.0 Å². The van der Waals surface area contributed by atoms with Crippen LogP contribution in [0.4, 0.5) is 18.0 Å². The Hall–Kier alpha value is -2.05.